The number of rotatable bonds is 2. The molecule has 0 saturated carbocycles. The number of benzene rings is 2. The Bertz CT molecular complexity index is 801. The number of amides is 1. The zero-order valence-corrected chi connectivity index (χ0v) is 13.2. The molecular weight excluding hydrogens is 348 g/mol. The number of hydrogen-bond acceptors (Lipinski definition) is 4. The number of likely N-dealkylation sites (N-methyl/N-ethyl adjacent to an activating group) is 1. The van der Waals surface area contributed by atoms with E-state index in [2.05, 4.69) is 21.1 Å². The molecule has 1 aliphatic heterocycles. The lowest BCUT2D eigenvalue weighted by molar-refractivity contribution is -0.112. The molecule has 0 spiro atoms. The summed E-state index contributed by atoms with van der Waals surface area (Å²) in [4.78, 5) is 30.5. The van der Waals surface area contributed by atoms with Gasteiger partial charge in [0.15, 0.2) is 5.71 Å². The third kappa shape index (κ3) is 2.53. The third-order valence-electron chi connectivity index (χ3n) is 3.31. The van der Waals surface area contributed by atoms with Crippen LogP contribution in [0.15, 0.2) is 58.2 Å². The van der Waals surface area contributed by atoms with Gasteiger partial charge in [-0.3, -0.25) is 4.79 Å². The lowest BCUT2D eigenvalue weighted by Crippen LogP contribution is -2.25. The zero-order chi connectivity index (χ0) is 15.7. The van der Waals surface area contributed by atoms with Gasteiger partial charge in [0.25, 0.3) is 5.91 Å². The molecule has 2 aromatic carbocycles. The number of para-hydroxylation sites is 1. The van der Waals surface area contributed by atoms with E-state index in [1.165, 1.54) is 4.90 Å². The van der Waals surface area contributed by atoms with Crippen LogP contribution in [0.4, 0.5) is 5.69 Å². The van der Waals surface area contributed by atoms with Crippen molar-refractivity contribution in [2.45, 2.75) is 0 Å². The van der Waals surface area contributed by atoms with Gasteiger partial charge < -0.3 is 9.74 Å². The molecule has 22 heavy (non-hydrogen) atoms. The highest BCUT2D eigenvalue weighted by Crippen LogP contribution is 2.27. The molecule has 0 aliphatic carbocycles. The van der Waals surface area contributed by atoms with Crippen LogP contribution in [-0.4, -0.2) is 24.6 Å². The summed E-state index contributed by atoms with van der Waals surface area (Å²) in [5.41, 5.74) is 1.87. The maximum absolute atomic E-state index is 12.2. The van der Waals surface area contributed by atoms with Crippen molar-refractivity contribution in [3.05, 3.63) is 64.1 Å². The highest BCUT2D eigenvalue weighted by molar-refractivity contribution is 9.10. The number of hydrogen-bond donors (Lipinski definition) is 0. The molecule has 0 N–H and O–H groups in total. The number of fused-ring (bicyclic) bond motifs is 1. The topological polar surface area (TPSA) is 59.0 Å². The molecular formula is C16H11BrN2O3. The van der Waals surface area contributed by atoms with Gasteiger partial charge in [-0.1, -0.05) is 45.4 Å². The molecule has 0 radical (unpaired) electrons. The molecule has 0 saturated heterocycles. The standard InChI is InChI=1S/C16H11BrN2O3/c1-19-13-8-3-2-7-12(13)14(15(19)20)18-22-16(21)10-5-4-6-11(17)9-10/h2-9H,1H3. The smallest absolute Gasteiger partial charge is 0.312 e. The molecule has 0 atom stereocenters. The summed E-state index contributed by atoms with van der Waals surface area (Å²) in [6.45, 7) is 0. The summed E-state index contributed by atoms with van der Waals surface area (Å²) in [6.07, 6.45) is 0. The van der Waals surface area contributed by atoms with Gasteiger partial charge in [-0.2, -0.15) is 0 Å². The minimum atomic E-state index is -0.617. The highest BCUT2D eigenvalue weighted by atomic mass is 79.9. The normalized spacial score (nSPS) is 15.1. The zero-order valence-electron chi connectivity index (χ0n) is 11.6. The molecule has 2 aromatic rings. The molecule has 1 amide bonds. The first-order valence-corrected chi connectivity index (χ1v) is 7.29. The Hall–Kier alpha value is -2.47. The van der Waals surface area contributed by atoms with Crippen LogP contribution in [0.1, 0.15) is 15.9 Å². The van der Waals surface area contributed by atoms with E-state index in [-0.39, 0.29) is 11.6 Å². The number of carbonyl (C=O) groups excluding carboxylic acids is 2. The van der Waals surface area contributed by atoms with Gasteiger partial charge in [-0.25, -0.2) is 4.79 Å². The maximum Gasteiger partial charge on any atom is 0.365 e. The van der Waals surface area contributed by atoms with Crippen molar-refractivity contribution in [1.82, 2.24) is 0 Å². The second kappa shape index (κ2) is 5.73. The molecule has 5 nitrogen and oxygen atoms in total. The Morgan fingerprint density at radius 1 is 1.18 bits per heavy atom. The number of nitrogens with zero attached hydrogens (tertiary/aromatic N) is 2. The predicted octanol–water partition coefficient (Wildman–Crippen LogP) is 2.99. The van der Waals surface area contributed by atoms with E-state index >= 15 is 0 Å². The van der Waals surface area contributed by atoms with Crippen molar-refractivity contribution >= 4 is 39.2 Å². The molecule has 0 fully saturated rings. The number of oxime groups is 1. The van der Waals surface area contributed by atoms with E-state index in [0.29, 0.717) is 11.1 Å². The number of halogens is 1. The number of carbonyl (C=O) groups is 2. The molecule has 1 aliphatic rings. The summed E-state index contributed by atoms with van der Waals surface area (Å²) in [5, 5.41) is 3.76. The summed E-state index contributed by atoms with van der Waals surface area (Å²) in [5.74, 6) is -0.920. The molecule has 110 valence electrons. The summed E-state index contributed by atoms with van der Waals surface area (Å²) in [6, 6.07) is 14.0. The fraction of sp³-hybridized carbons (Fsp3) is 0.0625. The third-order valence-corrected chi connectivity index (χ3v) is 3.80. The first-order valence-electron chi connectivity index (χ1n) is 6.50. The second-order valence-corrected chi connectivity index (χ2v) is 5.63. The van der Waals surface area contributed by atoms with E-state index in [1.54, 1.807) is 43.4 Å². The molecule has 0 aromatic heterocycles. The summed E-state index contributed by atoms with van der Waals surface area (Å²) < 4.78 is 0.761. The van der Waals surface area contributed by atoms with Crippen LogP contribution < -0.4 is 4.90 Å². The van der Waals surface area contributed by atoms with Gasteiger partial charge in [-0.15, -0.1) is 0 Å². The van der Waals surface area contributed by atoms with Gasteiger partial charge in [0.2, 0.25) is 0 Å². The van der Waals surface area contributed by atoms with Gasteiger partial charge in [0.05, 0.1) is 11.3 Å². The Morgan fingerprint density at radius 2 is 1.95 bits per heavy atom. The van der Waals surface area contributed by atoms with Crippen molar-refractivity contribution in [2.75, 3.05) is 11.9 Å². The van der Waals surface area contributed by atoms with Gasteiger partial charge >= 0.3 is 5.97 Å². The molecule has 0 unspecified atom stereocenters. The maximum atomic E-state index is 12.2. The first kappa shape index (κ1) is 14.5. The van der Waals surface area contributed by atoms with E-state index < -0.39 is 5.97 Å². The van der Waals surface area contributed by atoms with Gasteiger partial charge in [0.1, 0.15) is 0 Å². The average Bonchev–Trinajstić information content (AvgIpc) is 2.77. The number of anilines is 1. The fourth-order valence-electron chi connectivity index (χ4n) is 2.19. The molecule has 1 heterocycles. The van der Waals surface area contributed by atoms with E-state index in [9.17, 15) is 9.59 Å². The molecule has 6 heteroatoms. The minimum Gasteiger partial charge on any atom is -0.312 e. The lowest BCUT2D eigenvalue weighted by Gasteiger charge is -2.07. The van der Waals surface area contributed by atoms with Crippen LogP contribution in [0.5, 0.6) is 0 Å². The Balaban J connectivity index is 1.87. The van der Waals surface area contributed by atoms with Crippen molar-refractivity contribution in [3.8, 4) is 0 Å². The highest BCUT2D eigenvalue weighted by Gasteiger charge is 2.32. The summed E-state index contributed by atoms with van der Waals surface area (Å²) in [7, 11) is 1.65. The van der Waals surface area contributed by atoms with Crippen LogP contribution in [0.25, 0.3) is 0 Å². The van der Waals surface area contributed by atoms with Crippen molar-refractivity contribution in [2.24, 2.45) is 5.16 Å². The predicted molar refractivity (Wildman–Crippen MR) is 85.9 cm³/mol. The Labute approximate surface area is 135 Å². The van der Waals surface area contributed by atoms with Crippen LogP contribution in [0.3, 0.4) is 0 Å². The van der Waals surface area contributed by atoms with E-state index in [4.69, 9.17) is 4.84 Å². The SMILES string of the molecule is CN1C(=O)C(=NOC(=O)c2cccc(Br)c2)c2ccccc21. The second-order valence-electron chi connectivity index (χ2n) is 4.71. The largest absolute Gasteiger partial charge is 0.365 e. The average molecular weight is 359 g/mol. The van der Waals surface area contributed by atoms with Crippen molar-refractivity contribution < 1.29 is 14.4 Å². The van der Waals surface area contributed by atoms with Crippen LogP contribution >= 0.6 is 15.9 Å². The first-order chi connectivity index (χ1) is 10.6. The van der Waals surface area contributed by atoms with Crippen LogP contribution in [0.2, 0.25) is 0 Å². The summed E-state index contributed by atoms with van der Waals surface area (Å²) >= 11 is 3.28. The van der Waals surface area contributed by atoms with Crippen LogP contribution in [-0.2, 0) is 9.63 Å². The quantitative estimate of drug-likeness (QED) is 0.612. The minimum absolute atomic E-state index is 0.126. The monoisotopic (exact) mass is 358 g/mol. The van der Waals surface area contributed by atoms with E-state index in [0.717, 1.165) is 10.2 Å². The fourth-order valence-corrected chi connectivity index (χ4v) is 2.59. The molecule has 0 bridgehead atoms. The van der Waals surface area contributed by atoms with Crippen molar-refractivity contribution in [1.29, 1.82) is 0 Å². The van der Waals surface area contributed by atoms with Crippen LogP contribution in [0, 0.1) is 0 Å². The molecule has 3 rings (SSSR count). The lowest BCUT2D eigenvalue weighted by atomic mass is 10.1. The Kier molecular flexibility index (Phi) is 3.77. The van der Waals surface area contributed by atoms with Gasteiger partial charge in [0, 0.05) is 17.1 Å². The van der Waals surface area contributed by atoms with Crippen molar-refractivity contribution in [3.63, 3.8) is 0 Å². The van der Waals surface area contributed by atoms with Gasteiger partial charge in [-0.05, 0) is 24.3 Å². The van der Waals surface area contributed by atoms with E-state index in [1.807, 2.05) is 12.1 Å². The Morgan fingerprint density at radius 3 is 2.73 bits per heavy atom.